The zero-order valence-electron chi connectivity index (χ0n) is 6.37. The number of hydrogen-bond donors (Lipinski definition) is 2. The fourth-order valence-corrected chi connectivity index (χ4v) is 1.75. The van der Waals surface area contributed by atoms with Crippen LogP contribution in [-0.2, 0) is 6.42 Å². The Bertz CT molecular complexity index is 311. The van der Waals surface area contributed by atoms with E-state index >= 15 is 0 Å². The first-order chi connectivity index (χ1) is 5.68. The van der Waals surface area contributed by atoms with Crippen LogP contribution in [0.25, 0.3) is 0 Å². The van der Waals surface area contributed by atoms with Crippen LogP contribution in [0.15, 0.2) is 18.2 Å². The van der Waals surface area contributed by atoms with E-state index in [9.17, 15) is 10.2 Å². The number of aliphatic hydroxyl groups is 2. The predicted octanol–water partition coefficient (Wildman–Crippen LogP) is 1.29. The quantitative estimate of drug-likeness (QED) is 0.638. The summed E-state index contributed by atoms with van der Waals surface area (Å²) in [5.41, 5.74) is 1.74. The fourth-order valence-electron chi connectivity index (χ4n) is 1.57. The Morgan fingerprint density at radius 3 is 2.83 bits per heavy atom. The van der Waals surface area contributed by atoms with Gasteiger partial charge in [-0.15, -0.1) is 0 Å². The average Bonchev–Trinajstić information content (AvgIpc) is 2.31. The summed E-state index contributed by atoms with van der Waals surface area (Å²) < 4.78 is 0. The van der Waals surface area contributed by atoms with E-state index in [0.29, 0.717) is 11.4 Å². The highest BCUT2D eigenvalue weighted by atomic mass is 35.5. The minimum absolute atomic E-state index is 0.521. The molecule has 0 aromatic heterocycles. The summed E-state index contributed by atoms with van der Waals surface area (Å²) in [5.74, 6) is 0. The lowest BCUT2D eigenvalue weighted by Gasteiger charge is -2.07. The molecule has 1 aromatic carbocycles. The minimum Gasteiger partial charge on any atom is -0.390 e. The molecule has 2 N–H and O–H groups in total. The monoisotopic (exact) mass is 184 g/mol. The highest BCUT2D eigenvalue weighted by Crippen LogP contribution is 2.32. The summed E-state index contributed by atoms with van der Waals surface area (Å²) >= 11 is 5.74. The Kier molecular flexibility index (Phi) is 1.83. The largest absolute Gasteiger partial charge is 0.390 e. The van der Waals surface area contributed by atoms with Crippen LogP contribution in [0.5, 0.6) is 0 Å². The van der Waals surface area contributed by atoms with Crippen molar-refractivity contribution in [2.75, 3.05) is 0 Å². The second-order valence-corrected chi connectivity index (χ2v) is 3.50. The number of halogens is 1. The third kappa shape index (κ3) is 1.12. The van der Waals surface area contributed by atoms with E-state index in [2.05, 4.69) is 0 Å². The van der Waals surface area contributed by atoms with Gasteiger partial charge in [0.05, 0.1) is 6.10 Å². The number of hydrogen-bond acceptors (Lipinski definition) is 2. The molecule has 0 radical (unpaired) electrons. The standard InChI is InChI=1S/C9H9ClO2/c10-6-2-1-5-3-8(11)9(12)7(5)4-6/h1-2,4,8-9,11-12H,3H2/t8-,9+/m0/s1. The summed E-state index contributed by atoms with van der Waals surface area (Å²) in [6.07, 6.45) is -0.912. The maximum absolute atomic E-state index is 9.47. The molecule has 2 rings (SSSR count). The van der Waals surface area contributed by atoms with E-state index in [4.69, 9.17) is 11.6 Å². The van der Waals surface area contributed by atoms with Crippen LogP contribution in [0.2, 0.25) is 5.02 Å². The van der Waals surface area contributed by atoms with E-state index < -0.39 is 12.2 Å². The van der Waals surface area contributed by atoms with Crippen LogP contribution in [0, 0.1) is 0 Å². The van der Waals surface area contributed by atoms with Crippen molar-refractivity contribution >= 4 is 11.6 Å². The minimum atomic E-state index is -0.765. The normalized spacial score (nSPS) is 27.2. The van der Waals surface area contributed by atoms with Crippen molar-refractivity contribution in [3.63, 3.8) is 0 Å². The van der Waals surface area contributed by atoms with Gasteiger partial charge in [0.15, 0.2) is 0 Å². The lowest BCUT2D eigenvalue weighted by atomic mass is 10.1. The van der Waals surface area contributed by atoms with Crippen molar-refractivity contribution in [3.05, 3.63) is 34.3 Å². The van der Waals surface area contributed by atoms with Gasteiger partial charge in [0, 0.05) is 11.4 Å². The third-order valence-electron chi connectivity index (χ3n) is 2.22. The van der Waals surface area contributed by atoms with Crippen LogP contribution < -0.4 is 0 Å². The van der Waals surface area contributed by atoms with Gasteiger partial charge in [-0.3, -0.25) is 0 Å². The highest BCUT2D eigenvalue weighted by Gasteiger charge is 2.28. The molecule has 0 saturated carbocycles. The van der Waals surface area contributed by atoms with E-state index in [1.807, 2.05) is 6.07 Å². The molecule has 1 aliphatic carbocycles. The molecular formula is C9H9ClO2. The first-order valence-electron chi connectivity index (χ1n) is 3.83. The van der Waals surface area contributed by atoms with E-state index in [1.54, 1.807) is 12.1 Å². The van der Waals surface area contributed by atoms with Gasteiger partial charge in [-0.1, -0.05) is 17.7 Å². The summed E-state index contributed by atoms with van der Waals surface area (Å²) in [6, 6.07) is 5.32. The van der Waals surface area contributed by atoms with E-state index in [1.165, 1.54) is 0 Å². The first-order valence-corrected chi connectivity index (χ1v) is 4.21. The van der Waals surface area contributed by atoms with Gasteiger partial charge >= 0.3 is 0 Å². The van der Waals surface area contributed by atoms with Crippen molar-refractivity contribution in [2.24, 2.45) is 0 Å². The van der Waals surface area contributed by atoms with Crippen molar-refractivity contribution in [3.8, 4) is 0 Å². The Balaban J connectivity index is 2.48. The highest BCUT2D eigenvalue weighted by molar-refractivity contribution is 6.30. The number of aliphatic hydroxyl groups excluding tert-OH is 2. The Labute approximate surface area is 75.4 Å². The lowest BCUT2D eigenvalue weighted by Crippen LogP contribution is -2.11. The average molecular weight is 185 g/mol. The van der Waals surface area contributed by atoms with Crippen LogP contribution in [0.4, 0.5) is 0 Å². The van der Waals surface area contributed by atoms with Gasteiger partial charge in [-0.2, -0.15) is 0 Å². The van der Waals surface area contributed by atoms with Gasteiger partial charge in [-0.05, 0) is 23.3 Å². The topological polar surface area (TPSA) is 40.5 Å². The summed E-state index contributed by atoms with van der Waals surface area (Å²) in [6.45, 7) is 0. The van der Waals surface area contributed by atoms with Crippen LogP contribution in [0.3, 0.4) is 0 Å². The van der Waals surface area contributed by atoms with Crippen molar-refractivity contribution in [2.45, 2.75) is 18.6 Å². The Morgan fingerprint density at radius 2 is 2.08 bits per heavy atom. The van der Waals surface area contributed by atoms with Gasteiger partial charge < -0.3 is 10.2 Å². The molecule has 0 amide bonds. The molecule has 0 spiro atoms. The molecule has 0 unspecified atom stereocenters. The maximum Gasteiger partial charge on any atom is 0.105 e. The maximum atomic E-state index is 9.47. The molecule has 1 aliphatic rings. The van der Waals surface area contributed by atoms with Gasteiger partial charge in [0.2, 0.25) is 0 Å². The molecule has 12 heavy (non-hydrogen) atoms. The molecule has 0 heterocycles. The third-order valence-corrected chi connectivity index (χ3v) is 2.46. The zero-order valence-corrected chi connectivity index (χ0v) is 7.12. The fraction of sp³-hybridized carbons (Fsp3) is 0.333. The van der Waals surface area contributed by atoms with Crippen molar-refractivity contribution in [1.82, 2.24) is 0 Å². The Morgan fingerprint density at radius 1 is 1.33 bits per heavy atom. The molecule has 0 saturated heterocycles. The van der Waals surface area contributed by atoms with E-state index in [-0.39, 0.29) is 0 Å². The van der Waals surface area contributed by atoms with Gasteiger partial charge in [-0.25, -0.2) is 0 Å². The molecule has 0 aliphatic heterocycles. The zero-order chi connectivity index (χ0) is 8.72. The molecule has 0 fully saturated rings. The van der Waals surface area contributed by atoms with Gasteiger partial charge in [0.1, 0.15) is 6.10 Å². The molecule has 64 valence electrons. The van der Waals surface area contributed by atoms with Crippen LogP contribution >= 0.6 is 11.6 Å². The smallest absolute Gasteiger partial charge is 0.105 e. The van der Waals surface area contributed by atoms with Gasteiger partial charge in [0.25, 0.3) is 0 Å². The summed E-state index contributed by atoms with van der Waals surface area (Å²) in [4.78, 5) is 0. The second-order valence-electron chi connectivity index (χ2n) is 3.06. The summed E-state index contributed by atoms with van der Waals surface area (Å²) in [5, 5.41) is 19.4. The lowest BCUT2D eigenvalue weighted by molar-refractivity contribution is 0.0326. The molecule has 0 bridgehead atoms. The molecular weight excluding hydrogens is 176 g/mol. The molecule has 3 heteroatoms. The Hall–Kier alpha value is -0.570. The molecule has 2 nitrogen and oxygen atoms in total. The second kappa shape index (κ2) is 2.73. The molecule has 2 atom stereocenters. The van der Waals surface area contributed by atoms with Crippen LogP contribution in [0.1, 0.15) is 17.2 Å². The summed E-state index contributed by atoms with van der Waals surface area (Å²) in [7, 11) is 0. The van der Waals surface area contributed by atoms with Crippen LogP contribution in [-0.4, -0.2) is 16.3 Å². The van der Waals surface area contributed by atoms with Crippen molar-refractivity contribution < 1.29 is 10.2 Å². The number of rotatable bonds is 0. The molecule has 1 aromatic rings. The number of benzene rings is 1. The van der Waals surface area contributed by atoms with E-state index in [0.717, 1.165) is 11.1 Å². The SMILES string of the molecule is O[C@@H]1c2cc(Cl)ccc2C[C@@H]1O. The van der Waals surface area contributed by atoms with Crippen molar-refractivity contribution in [1.29, 1.82) is 0 Å². The first kappa shape index (κ1) is 8.05. The number of fused-ring (bicyclic) bond motifs is 1. The predicted molar refractivity (Wildman–Crippen MR) is 46.1 cm³/mol.